The molecule has 1 fully saturated rings. The highest BCUT2D eigenvalue weighted by atomic mass is 16.5. The Morgan fingerprint density at radius 2 is 1.67 bits per heavy atom. The zero-order chi connectivity index (χ0) is 21.3. The van der Waals surface area contributed by atoms with Crippen molar-refractivity contribution in [3.05, 3.63) is 59.7 Å². The predicted molar refractivity (Wildman–Crippen MR) is 118 cm³/mol. The van der Waals surface area contributed by atoms with Gasteiger partial charge in [-0.2, -0.15) is 0 Å². The van der Waals surface area contributed by atoms with Crippen LogP contribution in [0.1, 0.15) is 53.3 Å². The molecule has 2 aromatic rings. The molecule has 0 spiro atoms. The van der Waals surface area contributed by atoms with E-state index in [9.17, 15) is 9.59 Å². The Balaban J connectivity index is 1.38. The number of hydrogen-bond donors (Lipinski definition) is 2. The number of benzene rings is 2. The molecule has 3 rings (SSSR count). The fourth-order valence-corrected chi connectivity index (χ4v) is 3.75. The summed E-state index contributed by atoms with van der Waals surface area (Å²) in [5, 5.41) is 2.99. The SMILES string of the molecule is CC1CCCN(CCCCNC(=O)c2ccc(Oc3ccc(C(N)=O)cc3)cc2)C1. The van der Waals surface area contributed by atoms with Crippen molar-refractivity contribution in [2.45, 2.75) is 32.6 Å². The smallest absolute Gasteiger partial charge is 0.251 e. The maximum Gasteiger partial charge on any atom is 0.251 e. The molecule has 1 unspecified atom stereocenters. The summed E-state index contributed by atoms with van der Waals surface area (Å²) in [5.41, 5.74) is 6.27. The van der Waals surface area contributed by atoms with Gasteiger partial charge in [0.2, 0.25) is 5.91 Å². The number of carbonyl (C=O) groups excluding carboxylic acids is 2. The van der Waals surface area contributed by atoms with Crippen molar-refractivity contribution in [3.8, 4) is 11.5 Å². The number of likely N-dealkylation sites (tertiary alicyclic amines) is 1. The zero-order valence-electron chi connectivity index (χ0n) is 17.6. The highest BCUT2D eigenvalue weighted by Gasteiger charge is 2.15. The van der Waals surface area contributed by atoms with Crippen LogP contribution in [0.25, 0.3) is 0 Å². The molecule has 6 heteroatoms. The Labute approximate surface area is 178 Å². The van der Waals surface area contributed by atoms with Crippen molar-refractivity contribution in [1.29, 1.82) is 0 Å². The van der Waals surface area contributed by atoms with Crippen molar-refractivity contribution >= 4 is 11.8 Å². The maximum atomic E-state index is 12.3. The summed E-state index contributed by atoms with van der Waals surface area (Å²) in [6.07, 6.45) is 4.74. The number of ether oxygens (including phenoxy) is 1. The number of hydrogen-bond acceptors (Lipinski definition) is 4. The van der Waals surface area contributed by atoms with E-state index < -0.39 is 5.91 Å². The Hall–Kier alpha value is -2.86. The Morgan fingerprint density at radius 1 is 1.03 bits per heavy atom. The van der Waals surface area contributed by atoms with Gasteiger partial charge in [0.1, 0.15) is 11.5 Å². The standard InChI is InChI=1S/C24H31N3O3/c1-18-5-4-16-27(17-18)15-3-2-14-26-24(29)20-8-12-22(13-9-20)30-21-10-6-19(7-11-21)23(25)28/h6-13,18H,2-5,14-17H2,1H3,(H2,25,28)(H,26,29). The largest absolute Gasteiger partial charge is 0.457 e. The van der Waals surface area contributed by atoms with Gasteiger partial charge in [0, 0.05) is 24.2 Å². The quantitative estimate of drug-likeness (QED) is 0.617. The number of carbonyl (C=O) groups is 2. The van der Waals surface area contributed by atoms with Crippen molar-refractivity contribution in [1.82, 2.24) is 10.2 Å². The van der Waals surface area contributed by atoms with Gasteiger partial charge >= 0.3 is 0 Å². The van der Waals surface area contributed by atoms with Crippen LogP contribution in [-0.4, -0.2) is 42.9 Å². The van der Waals surface area contributed by atoms with Gasteiger partial charge in [0.15, 0.2) is 0 Å². The summed E-state index contributed by atoms with van der Waals surface area (Å²) in [6, 6.07) is 13.6. The summed E-state index contributed by atoms with van der Waals surface area (Å²) < 4.78 is 5.74. The number of unbranched alkanes of at least 4 members (excludes halogenated alkanes) is 1. The van der Waals surface area contributed by atoms with E-state index in [0.29, 0.717) is 29.2 Å². The number of nitrogens with one attached hydrogen (secondary N) is 1. The molecular weight excluding hydrogens is 378 g/mol. The summed E-state index contributed by atoms with van der Waals surface area (Å²) >= 11 is 0. The van der Waals surface area contributed by atoms with Crippen LogP contribution in [-0.2, 0) is 0 Å². The van der Waals surface area contributed by atoms with E-state index in [4.69, 9.17) is 10.5 Å². The van der Waals surface area contributed by atoms with Crippen molar-refractivity contribution < 1.29 is 14.3 Å². The second-order valence-electron chi connectivity index (χ2n) is 8.03. The topological polar surface area (TPSA) is 84.7 Å². The third-order valence-corrected chi connectivity index (χ3v) is 5.42. The molecule has 6 nitrogen and oxygen atoms in total. The fourth-order valence-electron chi connectivity index (χ4n) is 3.75. The molecule has 3 N–H and O–H groups in total. The fraction of sp³-hybridized carbons (Fsp3) is 0.417. The molecule has 0 saturated carbocycles. The molecular formula is C24H31N3O3. The van der Waals surface area contributed by atoms with Crippen molar-refractivity contribution in [2.24, 2.45) is 11.7 Å². The number of primary amides is 1. The van der Waals surface area contributed by atoms with Gasteiger partial charge in [-0.15, -0.1) is 0 Å². The van der Waals surface area contributed by atoms with Crippen LogP contribution in [0.15, 0.2) is 48.5 Å². The number of piperidine rings is 1. The first-order valence-corrected chi connectivity index (χ1v) is 10.7. The molecule has 1 saturated heterocycles. The van der Waals surface area contributed by atoms with Gasteiger partial charge in [-0.05, 0) is 93.2 Å². The summed E-state index contributed by atoms with van der Waals surface area (Å²) in [6.45, 7) is 6.54. The molecule has 30 heavy (non-hydrogen) atoms. The summed E-state index contributed by atoms with van der Waals surface area (Å²) in [4.78, 5) is 26.0. The summed E-state index contributed by atoms with van der Waals surface area (Å²) in [7, 11) is 0. The number of rotatable bonds is 9. The van der Waals surface area contributed by atoms with E-state index in [1.54, 1.807) is 48.5 Å². The van der Waals surface area contributed by atoms with Crippen LogP contribution < -0.4 is 15.8 Å². The lowest BCUT2D eigenvalue weighted by Crippen LogP contribution is -2.35. The second kappa shape index (κ2) is 10.8. The van der Waals surface area contributed by atoms with Gasteiger partial charge in [-0.1, -0.05) is 6.92 Å². The third-order valence-electron chi connectivity index (χ3n) is 5.42. The number of nitrogens with two attached hydrogens (primary N) is 1. The van der Waals surface area contributed by atoms with E-state index in [1.807, 2.05) is 0 Å². The number of nitrogens with zero attached hydrogens (tertiary/aromatic N) is 1. The molecule has 1 aliphatic heterocycles. The van der Waals surface area contributed by atoms with Crippen molar-refractivity contribution in [2.75, 3.05) is 26.2 Å². The predicted octanol–water partition coefficient (Wildman–Crippen LogP) is 3.82. The van der Waals surface area contributed by atoms with E-state index in [0.717, 1.165) is 25.3 Å². The average molecular weight is 410 g/mol. The minimum Gasteiger partial charge on any atom is -0.457 e. The lowest BCUT2D eigenvalue weighted by Gasteiger charge is -2.30. The minimum absolute atomic E-state index is 0.0704. The molecule has 160 valence electrons. The van der Waals surface area contributed by atoms with Gasteiger partial charge in [-0.25, -0.2) is 0 Å². The molecule has 2 amide bonds. The molecule has 1 heterocycles. The highest BCUT2D eigenvalue weighted by Crippen LogP contribution is 2.22. The molecule has 2 aromatic carbocycles. The van der Waals surface area contributed by atoms with Crippen LogP contribution in [0.4, 0.5) is 0 Å². The van der Waals surface area contributed by atoms with E-state index >= 15 is 0 Å². The van der Waals surface area contributed by atoms with Crippen LogP contribution in [0.2, 0.25) is 0 Å². The van der Waals surface area contributed by atoms with E-state index in [2.05, 4.69) is 17.1 Å². The molecule has 1 aliphatic rings. The van der Waals surface area contributed by atoms with E-state index in [1.165, 1.54) is 25.9 Å². The van der Waals surface area contributed by atoms with E-state index in [-0.39, 0.29) is 5.91 Å². The molecule has 0 radical (unpaired) electrons. The van der Waals surface area contributed by atoms with Gasteiger partial charge < -0.3 is 20.7 Å². The molecule has 0 aromatic heterocycles. The molecule has 0 aliphatic carbocycles. The first-order valence-electron chi connectivity index (χ1n) is 10.7. The first-order chi connectivity index (χ1) is 14.5. The van der Waals surface area contributed by atoms with Crippen LogP contribution in [0.3, 0.4) is 0 Å². The second-order valence-corrected chi connectivity index (χ2v) is 8.03. The van der Waals surface area contributed by atoms with Gasteiger partial charge in [0.05, 0.1) is 0 Å². The zero-order valence-corrected chi connectivity index (χ0v) is 17.6. The molecule has 0 bridgehead atoms. The summed E-state index contributed by atoms with van der Waals surface area (Å²) in [5.74, 6) is 1.48. The maximum absolute atomic E-state index is 12.3. The minimum atomic E-state index is -0.474. The highest BCUT2D eigenvalue weighted by molar-refractivity contribution is 5.94. The van der Waals surface area contributed by atoms with Crippen LogP contribution in [0, 0.1) is 5.92 Å². The first kappa shape index (κ1) is 21.8. The average Bonchev–Trinajstić information content (AvgIpc) is 2.74. The molecule has 1 atom stereocenters. The Kier molecular flexibility index (Phi) is 7.85. The Bertz CT molecular complexity index is 834. The lowest BCUT2D eigenvalue weighted by molar-refractivity contribution is 0.0951. The van der Waals surface area contributed by atoms with Crippen LogP contribution in [0.5, 0.6) is 11.5 Å². The monoisotopic (exact) mass is 409 g/mol. The lowest BCUT2D eigenvalue weighted by atomic mass is 10.0. The number of amides is 2. The van der Waals surface area contributed by atoms with Crippen molar-refractivity contribution in [3.63, 3.8) is 0 Å². The Morgan fingerprint density at radius 3 is 2.27 bits per heavy atom. The van der Waals surface area contributed by atoms with Crippen LogP contribution >= 0.6 is 0 Å². The third kappa shape index (κ3) is 6.59. The van der Waals surface area contributed by atoms with Gasteiger partial charge in [-0.3, -0.25) is 9.59 Å². The van der Waals surface area contributed by atoms with Gasteiger partial charge in [0.25, 0.3) is 5.91 Å². The normalized spacial score (nSPS) is 16.8.